The van der Waals surface area contributed by atoms with Crippen molar-refractivity contribution in [1.82, 2.24) is 4.57 Å². The third kappa shape index (κ3) is 5.94. The predicted molar refractivity (Wildman–Crippen MR) is 215 cm³/mol. The molecule has 0 saturated heterocycles. The Balaban J connectivity index is 0.000000719. The van der Waals surface area contributed by atoms with Gasteiger partial charge in [-0.15, -0.1) is 6.58 Å². The van der Waals surface area contributed by atoms with Crippen LogP contribution in [0.2, 0.25) is 0 Å². The summed E-state index contributed by atoms with van der Waals surface area (Å²) < 4.78 is 8.95. The van der Waals surface area contributed by atoms with Crippen LogP contribution in [0.4, 0.5) is 0 Å². The van der Waals surface area contributed by atoms with Crippen molar-refractivity contribution >= 4 is 56.4 Å². The Labute approximate surface area is 293 Å². The molecule has 7 aromatic carbocycles. The van der Waals surface area contributed by atoms with Crippen molar-refractivity contribution in [1.29, 1.82) is 0 Å². The van der Waals surface area contributed by atoms with Crippen molar-refractivity contribution in [3.8, 4) is 39.1 Å². The molecule has 0 bridgehead atoms. The SMILES string of the molecule is C=CC.CS.c1ccc(-c2ccc(-c3cccc(-c4ccc5oc6c(-n7c8ccccc8c8ccccc87)cccc6c5c4)c3)cc2)cc1. The summed E-state index contributed by atoms with van der Waals surface area (Å²) in [5.74, 6) is 0. The Bertz CT molecular complexity index is 2480. The molecule has 0 aliphatic rings. The molecule has 49 heavy (non-hydrogen) atoms. The molecule has 0 amide bonds. The van der Waals surface area contributed by atoms with Crippen molar-refractivity contribution in [2.75, 3.05) is 6.26 Å². The first-order valence-corrected chi connectivity index (χ1v) is 17.3. The van der Waals surface area contributed by atoms with E-state index in [1.807, 2.05) is 6.92 Å². The molecule has 0 radical (unpaired) electrons. The van der Waals surface area contributed by atoms with Crippen LogP contribution in [-0.2, 0) is 0 Å². The lowest BCUT2D eigenvalue weighted by Gasteiger charge is -2.08. The van der Waals surface area contributed by atoms with Crippen molar-refractivity contribution in [3.05, 3.63) is 176 Å². The summed E-state index contributed by atoms with van der Waals surface area (Å²) in [5, 5.41) is 4.73. The second-order valence-electron chi connectivity index (χ2n) is 11.8. The number of allylic oxidation sites excluding steroid dienone is 1. The van der Waals surface area contributed by atoms with Crippen LogP contribution in [0.5, 0.6) is 0 Å². The highest BCUT2D eigenvalue weighted by atomic mass is 32.1. The van der Waals surface area contributed by atoms with E-state index in [1.165, 1.54) is 55.2 Å². The van der Waals surface area contributed by atoms with Crippen molar-refractivity contribution < 1.29 is 4.42 Å². The van der Waals surface area contributed by atoms with Gasteiger partial charge in [0.15, 0.2) is 5.58 Å². The maximum absolute atomic E-state index is 6.62. The molecule has 2 heterocycles. The summed E-state index contributed by atoms with van der Waals surface area (Å²) in [5.41, 5.74) is 12.4. The molecule has 2 aromatic heterocycles. The van der Waals surface area contributed by atoms with Crippen LogP contribution < -0.4 is 0 Å². The first-order chi connectivity index (χ1) is 24.2. The van der Waals surface area contributed by atoms with Gasteiger partial charge in [0, 0.05) is 21.5 Å². The topological polar surface area (TPSA) is 18.1 Å². The summed E-state index contributed by atoms with van der Waals surface area (Å²) in [6, 6.07) is 58.4. The molecule has 0 saturated carbocycles. The van der Waals surface area contributed by atoms with Gasteiger partial charge in [-0.25, -0.2) is 0 Å². The molecular weight excluding hydrogens is 615 g/mol. The highest BCUT2D eigenvalue weighted by Gasteiger charge is 2.17. The Morgan fingerprint density at radius 1 is 0.469 bits per heavy atom. The van der Waals surface area contributed by atoms with Crippen molar-refractivity contribution in [2.24, 2.45) is 0 Å². The lowest BCUT2D eigenvalue weighted by Crippen LogP contribution is -1.93. The van der Waals surface area contributed by atoms with E-state index in [-0.39, 0.29) is 0 Å². The fourth-order valence-electron chi connectivity index (χ4n) is 6.69. The van der Waals surface area contributed by atoms with Gasteiger partial charge in [0.25, 0.3) is 0 Å². The number of aromatic nitrogens is 1. The first-order valence-electron chi connectivity index (χ1n) is 16.5. The summed E-state index contributed by atoms with van der Waals surface area (Å²) >= 11 is 3.53. The predicted octanol–water partition coefficient (Wildman–Crippen LogP) is 13.4. The van der Waals surface area contributed by atoms with Crippen LogP contribution in [0, 0.1) is 0 Å². The van der Waals surface area contributed by atoms with E-state index in [9.17, 15) is 0 Å². The molecule has 0 fully saturated rings. The molecule has 3 heteroatoms. The van der Waals surface area contributed by atoms with Crippen LogP contribution in [0.1, 0.15) is 6.92 Å². The van der Waals surface area contributed by atoms with Gasteiger partial charge in [0.2, 0.25) is 0 Å². The molecule has 0 atom stereocenters. The Morgan fingerprint density at radius 2 is 0.918 bits per heavy atom. The molecule has 0 N–H and O–H groups in total. The summed E-state index contributed by atoms with van der Waals surface area (Å²) in [6.07, 6.45) is 3.44. The largest absolute Gasteiger partial charge is 0.454 e. The number of benzene rings is 7. The molecule has 0 aliphatic carbocycles. The Kier molecular flexibility index (Phi) is 9.19. The maximum Gasteiger partial charge on any atom is 0.159 e. The summed E-state index contributed by atoms with van der Waals surface area (Å²) in [4.78, 5) is 0. The van der Waals surface area contributed by atoms with E-state index in [0.717, 1.165) is 27.6 Å². The highest BCUT2D eigenvalue weighted by molar-refractivity contribution is 7.79. The number of hydrogen-bond acceptors (Lipinski definition) is 2. The van der Waals surface area contributed by atoms with Crippen LogP contribution in [-0.4, -0.2) is 10.8 Å². The molecule has 9 aromatic rings. The lowest BCUT2D eigenvalue weighted by molar-refractivity contribution is 0.666. The molecular formula is C46H37NOS. The zero-order chi connectivity index (χ0) is 33.7. The van der Waals surface area contributed by atoms with E-state index in [1.54, 1.807) is 12.3 Å². The van der Waals surface area contributed by atoms with Gasteiger partial charge in [-0.1, -0.05) is 133 Å². The zero-order valence-corrected chi connectivity index (χ0v) is 28.6. The van der Waals surface area contributed by atoms with E-state index in [2.05, 4.69) is 188 Å². The number of thiol groups is 1. The van der Waals surface area contributed by atoms with Gasteiger partial charge in [-0.05, 0) is 83.0 Å². The normalized spacial score (nSPS) is 10.8. The monoisotopic (exact) mass is 651 g/mol. The standard InChI is InChI=1S/C42H27NO.C3H6.CH4S/c1-2-10-28(11-3-1)29-20-22-30(23-21-29)31-12-8-13-32(26-31)33-24-25-41-37(27-33)36-16-9-19-40(42(36)44-41)43-38-17-6-4-14-34(38)35-15-5-7-18-39(35)43;1-3-2;1-2/h1-27H;3H,1H2,2H3;2H,1H3. The van der Waals surface area contributed by atoms with Gasteiger partial charge >= 0.3 is 0 Å². The van der Waals surface area contributed by atoms with Crippen LogP contribution in [0.15, 0.2) is 181 Å². The third-order valence-electron chi connectivity index (χ3n) is 8.82. The lowest BCUT2D eigenvalue weighted by atomic mass is 9.96. The molecule has 0 spiro atoms. The van der Waals surface area contributed by atoms with Crippen LogP contribution in [0.3, 0.4) is 0 Å². The zero-order valence-electron chi connectivity index (χ0n) is 27.7. The number of rotatable bonds is 4. The van der Waals surface area contributed by atoms with Crippen LogP contribution >= 0.6 is 12.6 Å². The van der Waals surface area contributed by atoms with E-state index < -0.39 is 0 Å². The van der Waals surface area contributed by atoms with E-state index in [4.69, 9.17) is 4.42 Å². The second-order valence-corrected chi connectivity index (χ2v) is 11.8. The molecule has 0 unspecified atom stereocenters. The molecule has 9 rings (SSSR count). The minimum absolute atomic E-state index is 0.893. The minimum atomic E-state index is 0.893. The number of fused-ring (bicyclic) bond motifs is 6. The minimum Gasteiger partial charge on any atom is -0.454 e. The average Bonchev–Trinajstić information content (AvgIpc) is 3.72. The number of para-hydroxylation sites is 3. The Hall–Kier alpha value is -5.77. The molecule has 2 nitrogen and oxygen atoms in total. The smallest absolute Gasteiger partial charge is 0.159 e. The second kappa shape index (κ2) is 14.1. The highest BCUT2D eigenvalue weighted by Crippen LogP contribution is 2.39. The molecule has 0 aliphatic heterocycles. The summed E-state index contributed by atoms with van der Waals surface area (Å²) in [7, 11) is 0. The number of hydrogen-bond donors (Lipinski definition) is 1. The number of nitrogens with zero attached hydrogens (tertiary/aromatic N) is 1. The Morgan fingerprint density at radius 3 is 1.57 bits per heavy atom. The van der Waals surface area contributed by atoms with Gasteiger partial charge < -0.3 is 8.98 Å². The van der Waals surface area contributed by atoms with E-state index in [0.29, 0.717) is 0 Å². The van der Waals surface area contributed by atoms with Gasteiger partial charge in [-0.3, -0.25) is 0 Å². The third-order valence-corrected chi connectivity index (χ3v) is 8.82. The van der Waals surface area contributed by atoms with Crippen molar-refractivity contribution in [2.45, 2.75) is 6.92 Å². The van der Waals surface area contributed by atoms with Crippen molar-refractivity contribution in [3.63, 3.8) is 0 Å². The van der Waals surface area contributed by atoms with Gasteiger partial charge in [0.05, 0.1) is 16.7 Å². The quantitative estimate of drug-likeness (QED) is 0.148. The fourth-order valence-corrected chi connectivity index (χ4v) is 6.69. The van der Waals surface area contributed by atoms with Gasteiger partial charge in [-0.2, -0.15) is 12.6 Å². The summed E-state index contributed by atoms with van der Waals surface area (Å²) in [6.45, 7) is 5.25. The average molecular weight is 652 g/mol. The first kappa shape index (κ1) is 31.8. The molecule has 238 valence electrons. The van der Waals surface area contributed by atoms with Crippen LogP contribution in [0.25, 0.3) is 82.8 Å². The fraction of sp³-hybridized carbons (Fsp3) is 0.0435. The van der Waals surface area contributed by atoms with E-state index >= 15 is 0 Å². The van der Waals surface area contributed by atoms with Gasteiger partial charge in [0.1, 0.15) is 5.58 Å². The maximum atomic E-state index is 6.62. The number of furan rings is 1.